The van der Waals surface area contributed by atoms with Crippen molar-refractivity contribution in [2.45, 2.75) is 6.54 Å². The number of rotatable bonds is 2. The van der Waals surface area contributed by atoms with E-state index >= 15 is 0 Å². The van der Waals surface area contributed by atoms with Gasteiger partial charge in [0.15, 0.2) is 0 Å². The van der Waals surface area contributed by atoms with Crippen LogP contribution in [0.3, 0.4) is 0 Å². The zero-order chi connectivity index (χ0) is 8.27. The lowest BCUT2D eigenvalue weighted by Gasteiger charge is -2.01. The summed E-state index contributed by atoms with van der Waals surface area (Å²) in [6.45, 7) is 0.663. The van der Waals surface area contributed by atoms with Crippen molar-refractivity contribution >= 4 is 23.2 Å². The van der Waals surface area contributed by atoms with E-state index in [4.69, 9.17) is 23.2 Å². The van der Waals surface area contributed by atoms with Gasteiger partial charge in [0, 0.05) is 12.7 Å². The smallest absolute Gasteiger partial charge is 0.0728 e. The molecule has 0 fully saturated rings. The fourth-order valence-corrected chi connectivity index (χ4v) is 1.19. The van der Waals surface area contributed by atoms with Crippen molar-refractivity contribution in [3.05, 3.63) is 28.0 Å². The quantitative estimate of drug-likeness (QED) is 0.774. The summed E-state index contributed by atoms with van der Waals surface area (Å²) < 4.78 is 0. The number of nitrogens with one attached hydrogen (secondary N) is 1. The van der Waals surface area contributed by atoms with Gasteiger partial charge in [0.25, 0.3) is 0 Å². The number of aromatic nitrogens is 1. The molecule has 1 rings (SSSR count). The molecule has 0 atom stereocenters. The highest BCUT2D eigenvalue weighted by Crippen LogP contribution is 2.17. The van der Waals surface area contributed by atoms with Gasteiger partial charge in [-0.1, -0.05) is 23.2 Å². The van der Waals surface area contributed by atoms with Crippen molar-refractivity contribution in [1.29, 1.82) is 0 Å². The van der Waals surface area contributed by atoms with Gasteiger partial charge in [-0.15, -0.1) is 0 Å². The molecule has 0 aliphatic heterocycles. The second-order valence-corrected chi connectivity index (χ2v) is 2.96. The monoisotopic (exact) mass is 190 g/mol. The summed E-state index contributed by atoms with van der Waals surface area (Å²) in [6, 6.07) is 1.68. The van der Waals surface area contributed by atoms with Crippen molar-refractivity contribution in [1.82, 2.24) is 10.3 Å². The second kappa shape index (κ2) is 3.90. The summed E-state index contributed by atoms with van der Waals surface area (Å²) in [5, 5.41) is 4.12. The van der Waals surface area contributed by atoms with E-state index < -0.39 is 0 Å². The molecule has 4 heteroatoms. The molecule has 0 spiro atoms. The van der Waals surface area contributed by atoms with Gasteiger partial charge in [-0.25, -0.2) is 0 Å². The minimum absolute atomic E-state index is 0.565. The van der Waals surface area contributed by atoms with Crippen LogP contribution in [0.25, 0.3) is 0 Å². The van der Waals surface area contributed by atoms with E-state index in [0.717, 1.165) is 5.69 Å². The zero-order valence-corrected chi connectivity index (χ0v) is 7.58. The molecule has 0 aliphatic carbocycles. The minimum atomic E-state index is 0.565. The van der Waals surface area contributed by atoms with E-state index in [1.54, 1.807) is 12.3 Å². The van der Waals surface area contributed by atoms with Gasteiger partial charge < -0.3 is 5.32 Å². The molecule has 0 aromatic carbocycles. The second-order valence-electron chi connectivity index (χ2n) is 2.11. The van der Waals surface area contributed by atoms with Gasteiger partial charge in [0.1, 0.15) is 0 Å². The van der Waals surface area contributed by atoms with Gasteiger partial charge in [0.2, 0.25) is 0 Å². The highest BCUT2D eigenvalue weighted by Gasteiger charge is 2.00. The van der Waals surface area contributed by atoms with Crippen LogP contribution in [0.2, 0.25) is 10.0 Å². The first-order valence-corrected chi connectivity index (χ1v) is 3.94. The normalized spacial score (nSPS) is 10.1. The van der Waals surface area contributed by atoms with Crippen molar-refractivity contribution in [3.8, 4) is 0 Å². The van der Waals surface area contributed by atoms with E-state index in [1.807, 2.05) is 7.05 Å². The molecule has 0 bridgehead atoms. The molecule has 2 nitrogen and oxygen atoms in total. The van der Waals surface area contributed by atoms with E-state index in [1.165, 1.54) is 0 Å². The Kier molecular flexibility index (Phi) is 3.12. The summed E-state index contributed by atoms with van der Waals surface area (Å²) in [7, 11) is 1.84. The Hall–Kier alpha value is -0.310. The van der Waals surface area contributed by atoms with Gasteiger partial charge in [-0.05, 0) is 13.1 Å². The Morgan fingerprint density at radius 3 is 2.82 bits per heavy atom. The largest absolute Gasteiger partial charge is 0.314 e. The minimum Gasteiger partial charge on any atom is -0.314 e. The summed E-state index contributed by atoms with van der Waals surface area (Å²) in [5.41, 5.74) is 0.818. The van der Waals surface area contributed by atoms with Crippen molar-refractivity contribution in [2.24, 2.45) is 0 Å². The molecule has 0 saturated carbocycles. The van der Waals surface area contributed by atoms with Crippen LogP contribution in [-0.2, 0) is 6.54 Å². The molecule has 1 aromatic heterocycles. The maximum Gasteiger partial charge on any atom is 0.0728 e. The third kappa shape index (κ3) is 2.33. The summed E-state index contributed by atoms with van der Waals surface area (Å²) in [6.07, 6.45) is 1.58. The Balaban J connectivity index is 2.90. The molecule has 1 N–H and O–H groups in total. The zero-order valence-electron chi connectivity index (χ0n) is 6.06. The topological polar surface area (TPSA) is 24.9 Å². The summed E-state index contributed by atoms with van der Waals surface area (Å²) in [4.78, 5) is 4.04. The fourth-order valence-electron chi connectivity index (χ4n) is 0.740. The first kappa shape index (κ1) is 8.78. The van der Waals surface area contributed by atoms with E-state index in [0.29, 0.717) is 16.6 Å². The molecule has 1 aromatic rings. The third-order valence-electron chi connectivity index (χ3n) is 1.23. The third-order valence-corrected chi connectivity index (χ3v) is 1.76. The number of nitrogens with zero attached hydrogens (tertiary/aromatic N) is 1. The highest BCUT2D eigenvalue weighted by atomic mass is 35.5. The lowest BCUT2D eigenvalue weighted by Crippen LogP contribution is -2.07. The molecule has 0 saturated heterocycles. The van der Waals surface area contributed by atoms with Gasteiger partial charge >= 0.3 is 0 Å². The molecule has 0 aliphatic rings. The van der Waals surface area contributed by atoms with Crippen LogP contribution in [-0.4, -0.2) is 12.0 Å². The van der Waals surface area contributed by atoms with Crippen LogP contribution >= 0.6 is 23.2 Å². The van der Waals surface area contributed by atoms with Crippen LogP contribution in [0.1, 0.15) is 5.69 Å². The maximum atomic E-state index is 5.82. The molecule has 1 heterocycles. The fraction of sp³-hybridized carbons (Fsp3) is 0.286. The maximum absolute atomic E-state index is 5.82. The SMILES string of the molecule is CNCc1ncc(Cl)cc1Cl. The number of pyridine rings is 1. The molecule has 11 heavy (non-hydrogen) atoms. The summed E-state index contributed by atoms with van der Waals surface area (Å²) >= 11 is 11.5. The molecule has 0 amide bonds. The Morgan fingerprint density at radius 2 is 2.27 bits per heavy atom. The number of hydrogen-bond donors (Lipinski definition) is 1. The highest BCUT2D eigenvalue weighted by molar-refractivity contribution is 6.34. The first-order chi connectivity index (χ1) is 5.24. The predicted molar refractivity (Wildman–Crippen MR) is 47.0 cm³/mol. The Morgan fingerprint density at radius 1 is 1.55 bits per heavy atom. The van der Waals surface area contributed by atoms with Crippen molar-refractivity contribution < 1.29 is 0 Å². The molecule has 0 unspecified atom stereocenters. The van der Waals surface area contributed by atoms with Crippen LogP contribution in [0.4, 0.5) is 0 Å². The number of halogens is 2. The molecular weight excluding hydrogens is 183 g/mol. The van der Waals surface area contributed by atoms with E-state index in [-0.39, 0.29) is 0 Å². The Labute approximate surface area is 75.5 Å². The summed E-state index contributed by atoms with van der Waals surface area (Å²) in [5.74, 6) is 0. The lowest BCUT2D eigenvalue weighted by molar-refractivity contribution is 0.791. The van der Waals surface area contributed by atoms with Gasteiger partial charge in [-0.2, -0.15) is 0 Å². The van der Waals surface area contributed by atoms with Crippen molar-refractivity contribution in [3.63, 3.8) is 0 Å². The van der Waals surface area contributed by atoms with Gasteiger partial charge in [0.05, 0.1) is 15.7 Å². The molecule has 0 radical (unpaired) electrons. The van der Waals surface area contributed by atoms with E-state index in [2.05, 4.69) is 10.3 Å². The van der Waals surface area contributed by atoms with Crippen molar-refractivity contribution in [2.75, 3.05) is 7.05 Å². The molecular formula is C7H8Cl2N2. The molecule has 60 valence electrons. The lowest BCUT2D eigenvalue weighted by atomic mass is 10.3. The van der Waals surface area contributed by atoms with Crippen LogP contribution in [0, 0.1) is 0 Å². The van der Waals surface area contributed by atoms with Crippen LogP contribution < -0.4 is 5.32 Å². The standard InChI is InChI=1S/C7H8Cl2N2/c1-10-4-7-6(9)2-5(8)3-11-7/h2-3,10H,4H2,1H3. The first-order valence-electron chi connectivity index (χ1n) is 3.18. The average molecular weight is 191 g/mol. The Bertz CT molecular complexity index is 250. The van der Waals surface area contributed by atoms with Gasteiger partial charge in [-0.3, -0.25) is 4.98 Å². The average Bonchev–Trinajstić information content (AvgIpc) is 1.95. The van der Waals surface area contributed by atoms with E-state index in [9.17, 15) is 0 Å². The van der Waals surface area contributed by atoms with Crippen LogP contribution in [0.15, 0.2) is 12.3 Å². The number of hydrogen-bond acceptors (Lipinski definition) is 2. The van der Waals surface area contributed by atoms with Crippen LogP contribution in [0.5, 0.6) is 0 Å². The predicted octanol–water partition coefficient (Wildman–Crippen LogP) is 2.11.